The molecule has 1 fully saturated rings. The monoisotopic (exact) mass is 255 g/mol. The minimum atomic E-state index is -0.197. The highest BCUT2D eigenvalue weighted by atomic mass is 32.2. The highest BCUT2D eigenvalue weighted by Crippen LogP contribution is 2.37. The summed E-state index contributed by atoms with van der Waals surface area (Å²) in [4.78, 5) is 4.48. The summed E-state index contributed by atoms with van der Waals surface area (Å²) >= 11 is 1.92. The molecule has 0 radical (unpaired) electrons. The molecule has 2 atom stereocenters. The molecular formula is C12H21N3OS. The van der Waals surface area contributed by atoms with Crippen molar-refractivity contribution in [1.82, 2.24) is 10.1 Å². The first-order valence-electron chi connectivity index (χ1n) is 6.19. The molecule has 2 unspecified atom stereocenters. The van der Waals surface area contributed by atoms with Gasteiger partial charge in [0, 0.05) is 0 Å². The van der Waals surface area contributed by atoms with E-state index in [1.165, 1.54) is 18.6 Å². The lowest BCUT2D eigenvalue weighted by atomic mass is 9.87. The minimum absolute atomic E-state index is 0.0521. The Kier molecular flexibility index (Phi) is 3.78. The van der Waals surface area contributed by atoms with Crippen molar-refractivity contribution in [3.63, 3.8) is 0 Å². The van der Waals surface area contributed by atoms with Crippen LogP contribution in [0.1, 0.15) is 63.0 Å². The van der Waals surface area contributed by atoms with E-state index in [1.54, 1.807) is 0 Å². The molecule has 1 saturated heterocycles. The Morgan fingerprint density at radius 1 is 1.41 bits per heavy atom. The smallest absolute Gasteiger partial charge is 0.244 e. The zero-order chi connectivity index (χ0) is 12.5. The van der Waals surface area contributed by atoms with Crippen LogP contribution in [0.25, 0.3) is 0 Å². The van der Waals surface area contributed by atoms with Gasteiger partial charge in [-0.15, -0.1) is 0 Å². The normalized spacial score (nSPS) is 23.6. The Morgan fingerprint density at radius 2 is 2.18 bits per heavy atom. The average Bonchev–Trinajstić information content (AvgIpc) is 2.77. The van der Waals surface area contributed by atoms with E-state index in [2.05, 4.69) is 30.9 Å². The van der Waals surface area contributed by atoms with E-state index in [0.29, 0.717) is 11.1 Å². The first kappa shape index (κ1) is 12.9. The van der Waals surface area contributed by atoms with Crippen LogP contribution in [-0.2, 0) is 0 Å². The quantitative estimate of drug-likeness (QED) is 0.879. The third-order valence-corrected chi connectivity index (χ3v) is 4.50. The first-order valence-corrected chi connectivity index (χ1v) is 7.24. The van der Waals surface area contributed by atoms with E-state index in [0.717, 1.165) is 12.2 Å². The number of rotatable bonds is 2. The number of thioether (sulfide) groups is 1. The van der Waals surface area contributed by atoms with Gasteiger partial charge in [0.1, 0.15) is 0 Å². The summed E-state index contributed by atoms with van der Waals surface area (Å²) in [5, 5.41) is 4.48. The molecule has 1 aromatic rings. The molecule has 0 aliphatic carbocycles. The summed E-state index contributed by atoms with van der Waals surface area (Å²) < 4.78 is 5.31. The third-order valence-electron chi connectivity index (χ3n) is 3.12. The second-order valence-electron chi connectivity index (χ2n) is 5.69. The highest BCUT2D eigenvalue weighted by molar-refractivity contribution is 7.99. The Morgan fingerprint density at radius 3 is 2.76 bits per heavy atom. The van der Waals surface area contributed by atoms with Gasteiger partial charge in [0.05, 0.1) is 11.3 Å². The fourth-order valence-corrected chi connectivity index (χ4v) is 3.05. The maximum absolute atomic E-state index is 6.11. The fraction of sp³-hybridized carbons (Fsp3) is 0.833. The van der Waals surface area contributed by atoms with Crippen molar-refractivity contribution in [2.45, 2.75) is 51.3 Å². The third kappa shape index (κ3) is 3.01. The van der Waals surface area contributed by atoms with Gasteiger partial charge in [-0.25, -0.2) is 0 Å². The fourth-order valence-electron chi connectivity index (χ4n) is 1.82. The van der Waals surface area contributed by atoms with Gasteiger partial charge in [0.25, 0.3) is 0 Å². The zero-order valence-electron chi connectivity index (χ0n) is 10.8. The highest BCUT2D eigenvalue weighted by Gasteiger charge is 2.29. The van der Waals surface area contributed by atoms with Crippen molar-refractivity contribution in [1.29, 1.82) is 0 Å². The molecule has 5 heteroatoms. The van der Waals surface area contributed by atoms with Crippen molar-refractivity contribution in [3.05, 3.63) is 11.7 Å². The lowest BCUT2D eigenvalue weighted by Gasteiger charge is -2.23. The van der Waals surface area contributed by atoms with Gasteiger partial charge in [-0.2, -0.15) is 16.7 Å². The van der Waals surface area contributed by atoms with Crippen LogP contribution >= 0.6 is 11.8 Å². The molecule has 2 rings (SSSR count). The van der Waals surface area contributed by atoms with E-state index in [4.69, 9.17) is 10.3 Å². The lowest BCUT2D eigenvalue weighted by Crippen LogP contribution is -2.26. The van der Waals surface area contributed by atoms with Crippen molar-refractivity contribution >= 4 is 11.8 Å². The molecule has 4 nitrogen and oxygen atoms in total. The molecule has 17 heavy (non-hydrogen) atoms. The van der Waals surface area contributed by atoms with Gasteiger partial charge in [-0.05, 0) is 24.0 Å². The van der Waals surface area contributed by atoms with Gasteiger partial charge in [0.15, 0.2) is 5.82 Å². The predicted octanol–water partition coefficient (Wildman–Crippen LogP) is 3.07. The van der Waals surface area contributed by atoms with Gasteiger partial charge in [-0.1, -0.05) is 32.3 Å². The maximum atomic E-state index is 6.11. The molecule has 0 amide bonds. The molecule has 1 aromatic heterocycles. The van der Waals surface area contributed by atoms with Crippen LogP contribution in [0.5, 0.6) is 0 Å². The first-order chi connectivity index (χ1) is 7.98. The molecule has 0 aromatic carbocycles. The molecule has 96 valence electrons. The Hall–Kier alpha value is -0.550. The Labute approximate surface area is 107 Å². The van der Waals surface area contributed by atoms with Gasteiger partial charge in [0.2, 0.25) is 5.89 Å². The molecule has 2 N–H and O–H groups in total. The molecular weight excluding hydrogens is 234 g/mol. The number of aromatic nitrogens is 2. The molecule has 2 heterocycles. The number of hydrogen-bond donors (Lipinski definition) is 1. The minimum Gasteiger partial charge on any atom is -0.338 e. The van der Waals surface area contributed by atoms with Crippen LogP contribution in [0, 0.1) is 5.41 Å². The summed E-state index contributed by atoms with van der Waals surface area (Å²) in [6, 6.07) is -0.197. The van der Waals surface area contributed by atoms with Crippen molar-refractivity contribution < 1.29 is 4.52 Å². The second-order valence-corrected chi connectivity index (χ2v) is 7.00. The van der Waals surface area contributed by atoms with Crippen LogP contribution in [0.4, 0.5) is 0 Å². The maximum Gasteiger partial charge on any atom is 0.244 e. The Bertz CT molecular complexity index is 366. The van der Waals surface area contributed by atoms with Crippen LogP contribution < -0.4 is 5.73 Å². The standard InChI is InChI=1S/C12H21N3OS/c1-12(2,3)9(13)11-14-10(15-16-11)8-6-4-5-7-17-8/h8-9H,4-7,13H2,1-3H3. The SMILES string of the molecule is CC(C)(C)C(N)c1nc(C2CCCCS2)no1. The van der Waals surface area contributed by atoms with Crippen LogP contribution in [0.2, 0.25) is 0 Å². The number of hydrogen-bond acceptors (Lipinski definition) is 5. The summed E-state index contributed by atoms with van der Waals surface area (Å²) in [7, 11) is 0. The average molecular weight is 255 g/mol. The lowest BCUT2D eigenvalue weighted by molar-refractivity contribution is 0.252. The van der Waals surface area contributed by atoms with E-state index in [1.807, 2.05) is 11.8 Å². The van der Waals surface area contributed by atoms with Gasteiger partial charge >= 0.3 is 0 Å². The molecule has 0 bridgehead atoms. The van der Waals surface area contributed by atoms with Gasteiger partial charge < -0.3 is 10.3 Å². The summed E-state index contributed by atoms with van der Waals surface area (Å²) in [5.74, 6) is 2.59. The number of nitrogens with zero attached hydrogens (tertiary/aromatic N) is 2. The molecule has 0 spiro atoms. The summed E-state index contributed by atoms with van der Waals surface area (Å²) in [6.07, 6.45) is 3.70. The summed E-state index contributed by atoms with van der Waals surface area (Å²) in [5.41, 5.74) is 6.06. The molecule has 0 saturated carbocycles. The van der Waals surface area contributed by atoms with E-state index < -0.39 is 0 Å². The largest absolute Gasteiger partial charge is 0.338 e. The van der Waals surface area contributed by atoms with Crippen molar-refractivity contribution in [2.75, 3.05) is 5.75 Å². The molecule has 1 aliphatic heterocycles. The molecule has 1 aliphatic rings. The zero-order valence-corrected chi connectivity index (χ0v) is 11.6. The predicted molar refractivity (Wildman–Crippen MR) is 69.7 cm³/mol. The van der Waals surface area contributed by atoms with Crippen LogP contribution in [0.15, 0.2) is 4.52 Å². The van der Waals surface area contributed by atoms with Crippen molar-refractivity contribution in [2.24, 2.45) is 11.1 Å². The topological polar surface area (TPSA) is 64.9 Å². The van der Waals surface area contributed by atoms with E-state index in [9.17, 15) is 0 Å². The number of nitrogens with two attached hydrogens (primary N) is 1. The summed E-state index contributed by atoms with van der Waals surface area (Å²) in [6.45, 7) is 6.24. The van der Waals surface area contributed by atoms with Crippen LogP contribution in [0.3, 0.4) is 0 Å². The van der Waals surface area contributed by atoms with E-state index in [-0.39, 0.29) is 11.5 Å². The van der Waals surface area contributed by atoms with Crippen LogP contribution in [-0.4, -0.2) is 15.9 Å². The van der Waals surface area contributed by atoms with Crippen molar-refractivity contribution in [3.8, 4) is 0 Å². The Balaban J connectivity index is 2.10. The van der Waals surface area contributed by atoms with E-state index >= 15 is 0 Å². The second kappa shape index (κ2) is 4.98. The van der Waals surface area contributed by atoms with Gasteiger partial charge in [-0.3, -0.25) is 0 Å².